The van der Waals surface area contributed by atoms with Crippen LogP contribution in [0, 0.1) is 0 Å². The van der Waals surface area contributed by atoms with Gasteiger partial charge in [-0.05, 0) is 34.7 Å². The lowest BCUT2D eigenvalue weighted by molar-refractivity contribution is 0.672. The first-order chi connectivity index (χ1) is 28.7. The highest BCUT2D eigenvalue weighted by atomic mass is 32.1. The highest BCUT2D eigenvalue weighted by molar-refractivity contribution is 7.26. The predicted octanol–water partition coefficient (Wildman–Crippen LogP) is 14.2. The number of nitrogens with zero attached hydrogens (tertiary/aromatic N) is 4. The van der Waals surface area contributed by atoms with E-state index in [2.05, 4.69) is 140 Å². The summed E-state index contributed by atoms with van der Waals surface area (Å²) < 4.78 is 9.17. The van der Waals surface area contributed by atoms with Gasteiger partial charge in [-0.1, -0.05) is 164 Å². The average Bonchev–Trinajstić information content (AvgIpc) is 3.88. The predicted molar refractivity (Wildman–Crippen MR) is 240 cm³/mol. The second-order valence-corrected chi connectivity index (χ2v) is 15.6. The van der Waals surface area contributed by atoms with Crippen molar-refractivity contribution in [1.29, 1.82) is 0 Å². The number of benzene rings is 8. The molecule has 5 nitrogen and oxygen atoms in total. The van der Waals surface area contributed by atoms with Gasteiger partial charge < -0.3 is 4.42 Å². The zero-order chi connectivity index (χ0) is 38.2. The van der Waals surface area contributed by atoms with Gasteiger partial charge in [0.05, 0.1) is 16.6 Å². The quantitative estimate of drug-likeness (QED) is 0.164. The van der Waals surface area contributed by atoms with Gasteiger partial charge >= 0.3 is 0 Å². The minimum absolute atomic E-state index is 0.603. The molecular weight excluding hydrogens is 729 g/mol. The van der Waals surface area contributed by atoms with Crippen LogP contribution in [0.5, 0.6) is 0 Å². The van der Waals surface area contributed by atoms with Crippen molar-refractivity contribution < 1.29 is 4.42 Å². The number of rotatable bonds is 5. The summed E-state index contributed by atoms with van der Waals surface area (Å²) in [5, 5.41) is 7.87. The van der Waals surface area contributed by atoms with Gasteiger partial charge in [0.15, 0.2) is 17.5 Å². The third-order valence-electron chi connectivity index (χ3n) is 11.1. The summed E-state index contributed by atoms with van der Waals surface area (Å²) in [7, 11) is 0. The molecule has 0 saturated carbocycles. The maximum Gasteiger partial charge on any atom is 0.164 e. The molecule has 8 aromatic carbocycles. The molecule has 0 spiro atoms. The Morgan fingerprint density at radius 3 is 1.72 bits per heavy atom. The molecule has 12 rings (SSSR count). The summed E-state index contributed by atoms with van der Waals surface area (Å²) in [6.07, 6.45) is 0. The Morgan fingerprint density at radius 2 is 0.966 bits per heavy atom. The van der Waals surface area contributed by atoms with Crippen LogP contribution >= 0.6 is 11.3 Å². The fourth-order valence-electron chi connectivity index (χ4n) is 8.31. The summed E-state index contributed by atoms with van der Waals surface area (Å²) in [5.41, 5.74) is 9.59. The van der Waals surface area contributed by atoms with Crippen molar-refractivity contribution in [2.75, 3.05) is 0 Å². The Bertz CT molecular complexity index is 3550. The normalized spacial score (nSPS) is 11.8. The number of thiophene rings is 1. The van der Waals surface area contributed by atoms with E-state index in [1.807, 2.05) is 53.8 Å². The standard InChI is InChI=1S/C52H30N4OS/c1-2-12-34(13-3-1)50-54-51(35-25-21-32(22-26-35)38-17-10-18-40-39-15-7-9-20-44(39)58-49(38)40)56-52(55-50)36-27-23-33(24-28-36)46-45-41-16-6-8-19-43(41)57-48(45)42-30-29-31-11-4-5-14-37(31)47(42)53-46/h1-30H. The molecule has 0 amide bonds. The molecule has 0 aliphatic heterocycles. The van der Waals surface area contributed by atoms with E-state index in [4.69, 9.17) is 24.4 Å². The molecule has 12 aromatic rings. The highest BCUT2D eigenvalue weighted by Gasteiger charge is 2.20. The fourth-order valence-corrected chi connectivity index (χ4v) is 9.54. The highest BCUT2D eigenvalue weighted by Crippen LogP contribution is 2.42. The largest absolute Gasteiger partial charge is 0.455 e. The Morgan fingerprint density at radius 1 is 0.379 bits per heavy atom. The van der Waals surface area contributed by atoms with Gasteiger partial charge in [0.1, 0.15) is 11.2 Å². The number of pyridine rings is 1. The van der Waals surface area contributed by atoms with Gasteiger partial charge in [0.2, 0.25) is 0 Å². The van der Waals surface area contributed by atoms with Crippen LogP contribution in [-0.4, -0.2) is 19.9 Å². The van der Waals surface area contributed by atoms with E-state index in [1.165, 1.54) is 25.7 Å². The van der Waals surface area contributed by atoms with E-state index >= 15 is 0 Å². The molecule has 0 aliphatic carbocycles. The second kappa shape index (κ2) is 13.0. The first-order valence-electron chi connectivity index (χ1n) is 19.3. The van der Waals surface area contributed by atoms with Crippen LogP contribution in [0.25, 0.3) is 120 Å². The van der Waals surface area contributed by atoms with E-state index in [0.717, 1.165) is 77.1 Å². The van der Waals surface area contributed by atoms with E-state index in [0.29, 0.717) is 17.5 Å². The Hall–Kier alpha value is -7.54. The SMILES string of the molecule is c1ccc(-c2nc(-c3ccc(-c4cccc5c4sc4ccccc45)cc3)nc(-c3ccc(-c4nc5c6ccccc6ccc5c5oc6ccccc6c45)cc3)n2)cc1. The lowest BCUT2D eigenvalue weighted by atomic mass is 9.99. The van der Waals surface area contributed by atoms with Crippen molar-refractivity contribution >= 4 is 75.1 Å². The number of furan rings is 1. The monoisotopic (exact) mass is 758 g/mol. The molecule has 58 heavy (non-hydrogen) atoms. The van der Waals surface area contributed by atoms with Crippen LogP contribution in [-0.2, 0) is 0 Å². The number of fused-ring (bicyclic) bond motifs is 10. The fraction of sp³-hybridized carbons (Fsp3) is 0. The van der Waals surface area contributed by atoms with E-state index < -0.39 is 0 Å². The maximum absolute atomic E-state index is 6.58. The number of aromatic nitrogens is 4. The van der Waals surface area contributed by atoms with Crippen LogP contribution in [0.2, 0.25) is 0 Å². The third kappa shape index (κ3) is 5.23. The maximum atomic E-state index is 6.58. The van der Waals surface area contributed by atoms with Crippen molar-refractivity contribution in [3.05, 3.63) is 182 Å². The molecule has 0 unspecified atom stereocenters. The molecule has 270 valence electrons. The molecule has 0 radical (unpaired) electrons. The van der Waals surface area contributed by atoms with Crippen LogP contribution in [0.15, 0.2) is 186 Å². The lowest BCUT2D eigenvalue weighted by Gasteiger charge is -2.11. The van der Waals surface area contributed by atoms with Crippen LogP contribution in [0.4, 0.5) is 0 Å². The molecule has 6 heteroatoms. The average molecular weight is 759 g/mol. The minimum Gasteiger partial charge on any atom is -0.455 e. The summed E-state index contributed by atoms with van der Waals surface area (Å²) in [5.74, 6) is 1.85. The van der Waals surface area contributed by atoms with E-state index in [9.17, 15) is 0 Å². The zero-order valence-electron chi connectivity index (χ0n) is 30.9. The van der Waals surface area contributed by atoms with Crippen LogP contribution < -0.4 is 0 Å². The van der Waals surface area contributed by atoms with Crippen molar-refractivity contribution in [3.8, 4) is 56.5 Å². The van der Waals surface area contributed by atoms with Gasteiger partial charge in [-0.25, -0.2) is 19.9 Å². The molecule has 0 saturated heterocycles. The van der Waals surface area contributed by atoms with Crippen LogP contribution in [0.1, 0.15) is 0 Å². The second-order valence-electron chi connectivity index (χ2n) is 14.6. The smallest absolute Gasteiger partial charge is 0.164 e. The lowest BCUT2D eigenvalue weighted by Crippen LogP contribution is -2.00. The first-order valence-corrected chi connectivity index (χ1v) is 20.1. The van der Waals surface area contributed by atoms with Gasteiger partial charge in [0.25, 0.3) is 0 Å². The Balaban J connectivity index is 0.973. The van der Waals surface area contributed by atoms with Crippen molar-refractivity contribution in [3.63, 3.8) is 0 Å². The van der Waals surface area contributed by atoms with E-state index in [-0.39, 0.29) is 0 Å². The molecule has 0 N–H and O–H groups in total. The molecule has 4 heterocycles. The summed E-state index contributed by atoms with van der Waals surface area (Å²) in [6, 6.07) is 63.2. The van der Waals surface area contributed by atoms with Gasteiger partial charge in [-0.15, -0.1) is 11.3 Å². The molecule has 4 aromatic heterocycles. The number of para-hydroxylation sites is 1. The molecule has 0 atom stereocenters. The summed E-state index contributed by atoms with van der Waals surface area (Å²) >= 11 is 1.84. The van der Waals surface area contributed by atoms with Gasteiger partial charge in [-0.2, -0.15) is 0 Å². The van der Waals surface area contributed by atoms with E-state index in [1.54, 1.807) is 0 Å². The number of hydrogen-bond acceptors (Lipinski definition) is 6. The molecule has 0 fully saturated rings. The topological polar surface area (TPSA) is 64.7 Å². The summed E-state index contributed by atoms with van der Waals surface area (Å²) in [6.45, 7) is 0. The van der Waals surface area contributed by atoms with Crippen molar-refractivity contribution in [2.24, 2.45) is 0 Å². The van der Waals surface area contributed by atoms with Crippen molar-refractivity contribution in [1.82, 2.24) is 19.9 Å². The minimum atomic E-state index is 0.603. The Kier molecular flexibility index (Phi) is 7.33. The van der Waals surface area contributed by atoms with Crippen molar-refractivity contribution in [2.45, 2.75) is 0 Å². The van der Waals surface area contributed by atoms with Gasteiger partial charge in [-0.3, -0.25) is 0 Å². The van der Waals surface area contributed by atoms with Crippen LogP contribution in [0.3, 0.4) is 0 Å². The Labute approximate surface area is 336 Å². The zero-order valence-corrected chi connectivity index (χ0v) is 31.7. The summed E-state index contributed by atoms with van der Waals surface area (Å²) in [4.78, 5) is 20.5. The molecular formula is C52H30N4OS. The molecule has 0 aliphatic rings. The van der Waals surface area contributed by atoms with Gasteiger partial charge in [0, 0.05) is 58.6 Å². The third-order valence-corrected chi connectivity index (χ3v) is 12.4. The first kappa shape index (κ1) is 32.7. The molecule has 0 bridgehead atoms. The number of hydrogen-bond donors (Lipinski definition) is 0.